The molecule has 1 aromatic rings. The fraction of sp³-hybridized carbons (Fsp3) is 0.538. The van der Waals surface area contributed by atoms with Crippen LogP contribution in [0.4, 0.5) is 5.82 Å². The number of hydrogen-bond donors (Lipinski definition) is 1. The van der Waals surface area contributed by atoms with Crippen molar-refractivity contribution < 1.29 is 4.79 Å². The lowest BCUT2D eigenvalue weighted by Crippen LogP contribution is -2.36. The summed E-state index contributed by atoms with van der Waals surface area (Å²) >= 11 is 0. The largest absolute Gasteiger partial charge is 0.373 e. The average molecular weight is 233 g/mol. The van der Waals surface area contributed by atoms with Gasteiger partial charge in [-0.15, -0.1) is 0 Å². The minimum Gasteiger partial charge on any atom is -0.373 e. The molecule has 0 aromatic carbocycles. The van der Waals surface area contributed by atoms with Crippen LogP contribution in [0.25, 0.3) is 0 Å². The highest BCUT2D eigenvalue weighted by Gasteiger charge is 2.25. The molecule has 1 fully saturated rings. The fourth-order valence-corrected chi connectivity index (χ4v) is 2.41. The quantitative estimate of drug-likeness (QED) is 0.851. The smallest absolute Gasteiger partial charge is 0.219 e. The fourth-order valence-electron chi connectivity index (χ4n) is 2.41. The number of aromatic nitrogens is 1. The Labute approximate surface area is 102 Å². The first kappa shape index (κ1) is 11.9. The molecule has 1 aromatic heterocycles. The van der Waals surface area contributed by atoms with Crippen LogP contribution < -0.4 is 5.32 Å². The van der Waals surface area contributed by atoms with Gasteiger partial charge in [-0.3, -0.25) is 4.79 Å². The van der Waals surface area contributed by atoms with Crippen molar-refractivity contribution in [2.24, 2.45) is 0 Å². The van der Waals surface area contributed by atoms with Gasteiger partial charge in [0.2, 0.25) is 5.91 Å². The number of hydrogen-bond acceptors (Lipinski definition) is 3. The van der Waals surface area contributed by atoms with Crippen LogP contribution in [0.3, 0.4) is 0 Å². The number of nitrogens with one attached hydrogen (secondary N) is 1. The van der Waals surface area contributed by atoms with Gasteiger partial charge in [0, 0.05) is 26.7 Å². The molecule has 1 atom stereocenters. The first-order valence-electron chi connectivity index (χ1n) is 6.13. The van der Waals surface area contributed by atoms with Crippen molar-refractivity contribution in [2.45, 2.75) is 32.2 Å². The van der Waals surface area contributed by atoms with Gasteiger partial charge in [-0.05, 0) is 30.9 Å². The Morgan fingerprint density at radius 3 is 2.88 bits per heavy atom. The molecule has 4 nitrogen and oxygen atoms in total. The van der Waals surface area contributed by atoms with Crippen molar-refractivity contribution in [3.8, 4) is 0 Å². The summed E-state index contributed by atoms with van der Waals surface area (Å²) in [5.74, 6) is 1.02. The highest BCUT2D eigenvalue weighted by molar-refractivity contribution is 5.74. The highest BCUT2D eigenvalue weighted by atomic mass is 16.2. The van der Waals surface area contributed by atoms with E-state index in [4.69, 9.17) is 0 Å². The zero-order valence-corrected chi connectivity index (χ0v) is 10.4. The summed E-state index contributed by atoms with van der Waals surface area (Å²) in [5.41, 5.74) is 1.14. The third-order valence-corrected chi connectivity index (χ3v) is 3.33. The van der Waals surface area contributed by atoms with Crippen molar-refractivity contribution >= 4 is 11.7 Å². The first-order chi connectivity index (χ1) is 8.22. The molecule has 0 bridgehead atoms. The molecule has 2 heterocycles. The number of rotatable bonds is 2. The third-order valence-electron chi connectivity index (χ3n) is 3.33. The van der Waals surface area contributed by atoms with Gasteiger partial charge in [-0.25, -0.2) is 4.98 Å². The van der Waals surface area contributed by atoms with Crippen LogP contribution in [-0.4, -0.2) is 29.4 Å². The molecule has 92 valence electrons. The zero-order chi connectivity index (χ0) is 12.3. The normalized spacial score (nSPS) is 20.1. The lowest BCUT2D eigenvalue weighted by atomic mass is 9.96. The predicted octanol–water partition coefficient (Wildman–Crippen LogP) is 2.20. The Bertz CT molecular complexity index is 388. The number of amides is 1. The van der Waals surface area contributed by atoms with Crippen LogP contribution in [0.5, 0.6) is 0 Å². The maximum Gasteiger partial charge on any atom is 0.219 e. The molecule has 1 amide bonds. The number of nitrogens with zero attached hydrogens (tertiary/aromatic N) is 2. The molecule has 0 aliphatic carbocycles. The Balaban J connectivity index is 2.20. The summed E-state index contributed by atoms with van der Waals surface area (Å²) in [6.45, 7) is 2.52. The second-order valence-electron chi connectivity index (χ2n) is 4.45. The van der Waals surface area contributed by atoms with Gasteiger partial charge in [-0.1, -0.05) is 6.07 Å². The van der Waals surface area contributed by atoms with E-state index in [0.29, 0.717) is 0 Å². The molecule has 17 heavy (non-hydrogen) atoms. The Hall–Kier alpha value is -1.58. The van der Waals surface area contributed by atoms with Gasteiger partial charge in [-0.2, -0.15) is 0 Å². The third kappa shape index (κ3) is 2.57. The minimum absolute atomic E-state index is 0.160. The van der Waals surface area contributed by atoms with Gasteiger partial charge >= 0.3 is 0 Å². The maximum absolute atomic E-state index is 11.6. The van der Waals surface area contributed by atoms with E-state index >= 15 is 0 Å². The predicted molar refractivity (Wildman–Crippen MR) is 67.8 cm³/mol. The number of carbonyl (C=O) groups is 1. The summed E-state index contributed by atoms with van der Waals surface area (Å²) < 4.78 is 0. The average Bonchev–Trinajstić information content (AvgIpc) is 2.39. The standard InChI is InChI=1S/C13H19N3O/c1-10(17)16-8-4-3-5-12(16)11-6-7-13(14-2)15-9-11/h6-7,9,12H,3-5,8H2,1-2H3,(H,14,15). The van der Waals surface area contributed by atoms with Crippen molar-refractivity contribution in [3.05, 3.63) is 23.9 Å². The number of piperidine rings is 1. The number of anilines is 1. The first-order valence-corrected chi connectivity index (χ1v) is 6.13. The summed E-state index contributed by atoms with van der Waals surface area (Å²) in [4.78, 5) is 17.9. The lowest BCUT2D eigenvalue weighted by Gasteiger charge is -2.35. The van der Waals surface area contributed by atoms with Crippen molar-refractivity contribution in [3.63, 3.8) is 0 Å². The molecule has 1 aliphatic rings. The number of likely N-dealkylation sites (tertiary alicyclic amines) is 1. The topological polar surface area (TPSA) is 45.2 Å². The lowest BCUT2D eigenvalue weighted by molar-refractivity contribution is -0.132. The molecule has 0 radical (unpaired) electrons. The van der Waals surface area contributed by atoms with Gasteiger partial charge in [0.05, 0.1) is 6.04 Å². The van der Waals surface area contributed by atoms with E-state index in [0.717, 1.165) is 30.8 Å². The summed E-state index contributed by atoms with van der Waals surface area (Å²) in [6.07, 6.45) is 5.21. The van der Waals surface area contributed by atoms with E-state index in [-0.39, 0.29) is 11.9 Å². The van der Waals surface area contributed by atoms with Crippen molar-refractivity contribution in [2.75, 3.05) is 18.9 Å². The van der Waals surface area contributed by atoms with Gasteiger partial charge in [0.25, 0.3) is 0 Å². The molecule has 0 spiro atoms. The minimum atomic E-state index is 0.160. The van der Waals surface area contributed by atoms with E-state index < -0.39 is 0 Å². The number of pyridine rings is 1. The van der Waals surface area contributed by atoms with E-state index in [1.165, 1.54) is 6.42 Å². The second kappa shape index (κ2) is 5.17. The van der Waals surface area contributed by atoms with E-state index in [2.05, 4.69) is 16.4 Å². The maximum atomic E-state index is 11.6. The van der Waals surface area contributed by atoms with E-state index in [1.54, 1.807) is 6.92 Å². The van der Waals surface area contributed by atoms with Gasteiger partial charge in [0.1, 0.15) is 5.82 Å². The molecule has 0 saturated carbocycles. The molecule has 4 heteroatoms. The van der Waals surface area contributed by atoms with Crippen LogP contribution in [0.15, 0.2) is 18.3 Å². The molecular formula is C13H19N3O. The highest BCUT2D eigenvalue weighted by Crippen LogP contribution is 2.30. The van der Waals surface area contributed by atoms with Gasteiger partial charge in [0.15, 0.2) is 0 Å². The molecule has 1 N–H and O–H groups in total. The molecule has 2 rings (SSSR count). The van der Waals surface area contributed by atoms with Crippen LogP contribution in [-0.2, 0) is 4.79 Å². The second-order valence-corrected chi connectivity index (χ2v) is 4.45. The Morgan fingerprint density at radius 1 is 1.47 bits per heavy atom. The summed E-state index contributed by atoms with van der Waals surface area (Å²) in [6, 6.07) is 4.23. The van der Waals surface area contributed by atoms with Crippen LogP contribution in [0, 0.1) is 0 Å². The van der Waals surface area contributed by atoms with E-state index in [1.807, 2.05) is 24.2 Å². The van der Waals surface area contributed by atoms with E-state index in [9.17, 15) is 4.79 Å². The van der Waals surface area contributed by atoms with Crippen LogP contribution >= 0.6 is 0 Å². The molecule has 1 unspecified atom stereocenters. The molecular weight excluding hydrogens is 214 g/mol. The van der Waals surface area contributed by atoms with Crippen molar-refractivity contribution in [1.29, 1.82) is 0 Å². The number of carbonyl (C=O) groups excluding carboxylic acids is 1. The van der Waals surface area contributed by atoms with Crippen LogP contribution in [0.2, 0.25) is 0 Å². The Morgan fingerprint density at radius 2 is 2.29 bits per heavy atom. The summed E-state index contributed by atoms with van der Waals surface area (Å²) in [5, 5.41) is 3.00. The molecule has 1 saturated heterocycles. The molecule has 1 aliphatic heterocycles. The SMILES string of the molecule is CNc1ccc(C2CCCCN2C(C)=O)cn1. The summed E-state index contributed by atoms with van der Waals surface area (Å²) in [7, 11) is 1.85. The zero-order valence-electron chi connectivity index (χ0n) is 10.4. The van der Waals surface area contributed by atoms with Crippen LogP contribution in [0.1, 0.15) is 37.8 Å². The van der Waals surface area contributed by atoms with Crippen molar-refractivity contribution in [1.82, 2.24) is 9.88 Å². The Kier molecular flexibility index (Phi) is 3.61. The monoisotopic (exact) mass is 233 g/mol. The van der Waals surface area contributed by atoms with Gasteiger partial charge < -0.3 is 10.2 Å².